The zero-order chi connectivity index (χ0) is 20.2. The summed E-state index contributed by atoms with van der Waals surface area (Å²) in [6.45, 7) is 6.85. The first-order valence-corrected chi connectivity index (χ1v) is 10.9. The summed E-state index contributed by atoms with van der Waals surface area (Å²) in [5.41, 5.74) is 0.845. The van der Waals surface area contributed by atoms with Gasteiger partial charge < -0.3 is 4.52 Å². The van der Waals surface area contributed by atoms with Crippen molar-refractivity contribution in [2.75, 3.05) is 13.1 Å². The molecule has 29 heavy (non-hydrogen) atoms. The molecule has 1 fully saturated rings. The van der Waals surface area contributed by atoms with Crippen LogP contribution in [0.2, 0.25) is 0 Å². The highest BCUT2D eigenvalue weighted by molar-refractivity contribution is 7.99. The average Bonchev–Trinajstić information content (AvgIpc) is 3.37. The number of hydrogen-bond acceptors (Lipinski definition) is 7. The number of halogens is 1. The SMILES string of the molecule is CCc1noc(C(C)Sc2nnc(CN3CCCCC3)n2-c2ccc(F)cc2)n1. The zero-order valence-corrected chi connectivity index (χ0v) is 17.5. The van der Waals surface area contributed by atoms with Crippen molar-refractivity contribution in [2.45, 2.75) is 56.5 Å². The predicted molar refractivity (Wildman–Crippen MR) is 108 cm³/mol. The molecule has 0 amide bonds. The van der Waals surface area contributed by atoms with Gasteiger partial charge in [-0.25, -0.2) is 4.39 Å². The van der Waals surface area contributed by atoms with E-state index < -0.39 is 0 Å². The second-order valence-electron chi connectivity index (χ2n) is 7.21. The Morgan fingerprint density at radius 1 is 1.14 bits per heavy atom. The molecule has 1 atom stereocenters. The molecule has 1 aliphatic heterocycles. The third kappa shape index (κ3) is 4.67. The first-order chi connectivity index (χ1) is 14.1. The van der Waals surface area contributed by atoms with Crippen molar-refractivity contribution in [3.8, 4) is 5.69 Å². The molecule has 1 unspecified atom stereocenters. The van der Waals surface area contributed by atoms with Gasteiger partial charge >= 0.3 is 0 Å². The molecule has 1 saturated heterocycles. The lowest BCUT2D eigenvalue weighted by atomic mass is 10.1. The number of aryl methyl sites for hydroxylation is 1. The van der Waals surface area contributed by atoms with Crippen LogP contribution in [-0.4, -0.2) is 42.9 Å². The number of benzene rings is 1. The van der Waals surface area contributed by atoms with E-state index in [0.717, 1.165) is 42.7 Å². The molecule has 3 aromatic rings. The standard InChI is InChI=1S/C20H25FN6OS/c1-3-17-22-19(28-25-17)14(2)29-20-24-23-18(13-26-11-5-4-6-12-26)27(20)16-9-7-15(21)8-10-16/h7-10,14H,3-6,11-13H2,1-2H3. The lowest BCUT2D eigenvalue weighted by Gasteiger charge is -2.26. The minimum absolute atomic E-state index is 0.0750. The molecule has 4 rings (SSSR count). The van der Waals surface area contributed by atoms with Gasteiger partial charge in [0.15, 0.2) is 16.8 Å². The Morgan fingerprint density at radius 3 is 2.59 bits per heavy atom. The van der Waals surface area contributed by atoms with Gasteiger partial charge in [0.2, 0.25) is 5.89 Å². The fraction of sp³-hybridized carbons (Fsp3) is 0.500. The van der Waals surface area contributed by atoms with Crippen LogP contribution in [0.25, 0.3) is 5.69 Å². The van der Waals surface area contributed by atoms with Crippen LogP contribution in [0.15, 0.2) is 33.9 Å². The Hall–Kier alpha value is -2.26. The van der Waals surface area contributed by atoms with E-state index in [1.54, 1.807) is 12.1 Å². The zero-order valence-electron chi connectivity index (χ0n) is 16.7. The molecule has 2 aromatic heterocycles. The first-order valence-electron chi connectivity index (χ1n) is 10.1. The number of piperidine rings is 1. The third-order valence-corrected chi connectivity index (χ3v) is 6.06. The average molecular weight is 417 g/mol. The van der Waals surface area contributed by atoms with Gasteiger partial charge in [0.1, 0.15) is 5.82 Å². The Labute approximate surface area is 173 Å². The smallest absolute Gasteiger partial charge is 0.239 e. The highest BCUT2D eigenvalue weighted by atomic mass is 32.2. The summed E-state index contributed by atoms with van der Waals surface area (Å²) < 4.78 is 20.9. The van der Waals surface area contributed by atoms with Crippen LogP contribution in [0.3, 0.4) is 0 Å². The highest BCUT2D eigenvalue weighted by Gasteiger charge is 2.23. The van der Waals surface area contributed by atoms with Crippen LogP contribution in [0, 0.1) is 5.82 Å². The lowest BCUT2D eigenvalue weighted by molar-refractivity contribution is 0.214. The molecule has 0 bridgehead atoms. The van der Waals surface area contributed by atoms with Crippen LogP contribution in [0.1, 0.15) is 55.9 Å². The van der Waals surface area contributed by atoms with Crippen molar-refractivity contribution in [1.82, 2.24) is 29.8 Å². The first kappa shape index (κ1) is 20.0. The molecule has 0 saturated carbocycles. The molecule has 7 nitrogen and oxygen atoms in total. The quantitative estimate of drug-likeness (QED) is 0.535. The van der Waals surface area contributed by atoms with E-state index in [4.69, 9.17) is 4.52 Å². The molecular weight excluding hydrogens is 391 g/mol. The van der Waals surface area contributed by atoms with Gasteiger partial charge in [0, 0.05) is 12.1 Å². The minimum Gasteiger partial charge on any atom is -0.338 e. The van der Waals surface area contributed by atoms with Gasteiger partial charge in [-0.2, -0.15) is 4.98 Å². The van der Waals surface area contributed by atoms with Gasteiger partial charge in [-0.1, -0.05) is 30.3 Å². The highest BCUT2D eigenvalue weighted by Crippen LogP contribution is 2.34. The van der Waals surface area contributed by atoms with Crippen molar-refractivity contribution in [3.63, 3.8) is 0 Å². The topological polar surface area (TPSA) is 72.9 Å². The molecule has 154 valence electrons. The summed E-state index contributed by atoms with van der Waals surface area (Å²) in [6.07, 6.45) is 4.43. The molecule has 0 spiro atoms. The summed E-state index contributed by atoms with van der Waals surface area (Å²) in [7, 11) is 0. The summed E-state index contributed by atoms with van der Waals surface area (Å²) >= 11 is 1.51. The molecule has 1 aliphatic rings. The predicted octanol–water partition coefficient (Wildman–Crippen LogP) is 4.19. The van der Waals surface area contributed by atoms with Crippen LogP contribution in [0.4, 0.5) is 4.39 Å². The maximum absolute atomic E-state index is 13.5. The fourth-order valence-corrected chi connectivity index (χ4v) is 4.35. The Kier molecular flexibility index (Phi) is 6.25. The van der Waals surface area contributed by atoms with Crippen LogP contribution in [0.5, 0.6) is 0 Å². The van der Waals surface area contributed by atoms with Crippen LogP contribution < -0.4 is 0 Å². The molecule has 3 heterocycles. The van der Waals surface area contributed by atoms with Crippen molar-refractivity contribution in [2.24, 2.45) is 0 Å². The Balaban J connectivity index is 1.62. The molecule has 0 radical (unpaired) electrons. The van der Waals surface area contributed by atoms with Gasteiger partial charge in [-0.05, 0) is 57.1 Å². The van der Waals surface area contributed by atoms with E-state index in [1.807, 2.05) is 18.4 Å². The van der Waals surface area contributed by atoms with Crippen molar-refractivity contribution < 1.29 is 8.91 Å². The van der Waals surface area contributed by atoms with E-state index in [9.17, 15) is 4.39 Å². The number of likely N-dealkylation sites (tertiary alicyclic amines) is 1. The molecule has 0 N–H and O–H groups in total. The van der Waals surface area contributed by atoms with Gasteiger partial charge in [0.05, 0.1) is 11.8 Å². The third-order valence-electron chi connectivity index (χ3n) is 5.03. The van der Waals surface area contributed by atoms with E-state index in [2.05, 4.69) is 25.2 Å². The largest absolute Gasteiger partial charge is 0.338 e. The van der Waals surface area contributed by atoms with E-state index in [1.165, 1.54) is 43.2 Å². The lowest BCUT2D eigenvalue weighted by Crippen LogP contribution is -2.30. The van der Waals surface area contributed by atoms with E-state index >= 15 is 0 Å². The molecular formula is C20H25FN6OS. The maximum Gasteiger partial charge on any atom is 0.239 e. The van der Waals surface area contributed by atoms with E-state index in [-0.39, 0.29) is 11.1 Å². The number of rotatable bonds is 7. The van der Waals surface area contributed by atoms with Crippen molar-refractivity contribution in [3.05, 3.63) is 47.6 Å². The van der Waals surface area contributed by atoms with Crippen molar-refractivity contribution >= 4 is 11.8 Å². The second kappa shape index (κ2) is 9.04. The van der Waals surface area contributed by atoms with Crippen molar-refractivity contribution in [1.29, 1.82) is 0 Å². The van der Waals surface area contributed by atoms with Gasteiger partial charge in [-0.3, -0.25) is 9.47 Å². The molecule has 9 heteroatoms. The molecule has 1 aromatic carbocycles. The van der Waals surface area contributed by atoms with E-state index in [0.29, 0.717) is 11.7 Å². The van der Waals surface area contributed by atoms with Crippen LogP contribution >= 0.6 is 11.8 Å². The summed E-state index contributed by atoms with van der Waals surface area (Å²) in [5, 5.41) is 13.5. The second-order valence-corrected chi connectivity index (χ2v) is 8.52. The number of aromatic nitrogens is 5. The Morgan fingerprint density at radius 2 is 1.90 bits per heavy atom. The van der Waals surface area contributed by atoms with Crippen LogP contribution in [-0.2, 0) is 13.0 Å². The summed E-state index contributed by atoms with van der Waals surface area (Å²) in [6, 6.07) is 6.44. The number of thioether (sulfide) groups is 1. The summed E-state index contributed by atoms with van der Waals surface area (Å²) in [4.78, 5) is 6.83. The van der Waals surface area contributed by atoms with Gasteiger partial charge in [0.25, 0.3) is 0 Å². The monoisotopic (exact) mass is 416 g/mol. The Bertz CT molecular complexity index is 935. The fourth-order valence-electron chi connectivity index (χ4n) is 3.43. The number of nitrogens with zero attached hydrogens (tertiary/aromatic N) is 6. The minimum atomic E-state index is -0.264. The van der Waals surface area contributed by atoms with Gasteiger partial charge in [-0.15, -0.1) is 10.2 Å². The maximum atomic E-state index is 13.5. The normalized spacial score (nSPS) is 16.2. The number of hydrogen-bond donors (Lipinski definition) is 0. The summed E-state index contributed by atoms with van der Waals surface area (Å²) in [5.74, 6) is 1.85. The molecule has 0 aliphatic carbocycles.